The average Bonchev–Trinajstić information content (AvgIpc) is 3.31. The van der Waals surface area contributed by atoms with Crippen molar-refractivity contribution >= 4 is 17.9 Å². The van der Waals surface area contributed by atoms with Gasteiger partial charge in [-0.1, -0.05) is 215 Å². The fourth-order valence-electron chi connectivity index (χ4n) is 7.52. The molecule has 0 N–H and O–H groups in total. The van der Waals surface area contributed by atoms with Crippen molar-refractivity contribution in [2.75, 3.05) is 13.2 Å². The molecule has 0 aromatic carbocycles. The van der Waals surface area contributed by atoms with Crippen LogP contribution in [-0.4, -0.2) is 37.2 Å². The monoisotopic (exact) mass is 919 g/mol. The number of hydrogen-bond acceptors (Lipinski definition) is 6. The number of carbonyl (C=O) groups excluding carboxylic acids is 3. The molecular weight excluding hydrogens is 817 g/mol. The molecule has 0 aromatic heterocycles. The van der Waals surface area contributed by atoms with Gasteiger partial charge in [-0.05, 0) is 109 Å². The molecule has 66 heavy (non-hydrogen) atoms. The van der Waals surface area contributed by atoms with Gasteiger partial charge in [0.2, 0.25) is 0 Å². The van der Waals surface area contributed by atoms with Crippen molar-refractivity contribution in [2.45, 2.75) is 264 Å². The highest BCUT2D eigenvalue weighted by Crippen LogP contribution is 2.14. The Kier molecular flexibility index (Phi) is 51.4. The van der Waals surface area contributed by atoms with Gasteiger partial charge in [0.05, 0.1) is 0 Å². The third kappa shape index (κ3) is 51.6. The Bertz CT molecular complexity index is 1290. The summed E-state index contributed by atoms with van der Waals surface area (Å²) in [5.74, 6) is -0.941. The van der Waals surface area contributed by atoms with Crippen molar-refractivity contribution in [2.24, 2.45) is 0 Å². The lowest BCUT2D eigenvalue weighted by molar-refractivity contribution is -0.167. The number of hydrogen-bond donors (Lipinski definition) is 0. The van der Waals surface area contributed by atoms with Crippen molar-refractivity contribution in [3.8, 4) is 0 Å². The van der Waals surface area contributed by atoms with Gasteiger partial charge in [-0.15, -0.1) is 0 Å². The van der Waals surface area contributed by atoms with E-state index in [9.17, 15) is 14.4 Å². The summed E-state index contributed by atoms with van der Waals surface area (Å²) < 4.78 is 16.8. The zero-order chi connectivity index (χ0) is 47.9. The number of esters is 3. The van der Waals surface area contributed by atoms with E-state index in [1.54, 1.807) is 0 Å². The smallest absolute Gasteiger partial charge is 0.306 e. The fourth-order valence-corrected chi connectivity index (χ4v) is 7.52. The molecule has 0 fully saturated rings. The van der Waals surface area contributed by atoms with Crippen LogP contribution in [0.15, 0.2) is 85.1 Å². The lowest BCUT2D eigenvalue weighted by Gasteiger charge is -2.18. The molecule has 0 saturated carbocycles. The highest BCUT2D eigenvalue weighted by molar-refractivity contribution is 5.71. The molecule has 0 bridgehead atoms. The van der Waals surface area contributed by atoms with Crippen LogP contribution in [0.5, 0.6) is 0 Å². The maximum Gasteiger partial charge on any atom is 0.306 e. The number of ether oxygens (including phenoxy) is 3. The molecule has 6 nitrogen and oxygen atoms in total. The van der Waals surface area contributed by atoms with Crippen molar-refractivity contribution in [1.82, 2.24) is 0 Å². The third-order valence-electron chi connectivity index (χ3n) is 11.6. The standard InChI is InChI=1S/C60H102O6/c1-4-7-10-13-16-19-22-25-28-30-31-33-35-38-41-44-47-50-53-59(62)65-56-57(55-64-58(61)52-49-46-43-40-37-34-27-24-21-18-15-12-9-6-3)66-60(63)54-51-48-45-42-39-36-32-29-26-23-20-17-14-11-8-5-2/h8-9,11-12,17-18,20-21,26,29,31,33,36,39,57H,4-7,10,13-16,19,22-25,27-28,30,32,34-35,37-38,40-56H2,1-3H3/b11-8-,12-9-,20-17-,21-18-,29-26-,33-31-,39-36-. The Balaban J connectivity index is 4.44. The Hall–Kier alpha value is -3.41. The Morgan fingerprint density at radius 2 is 0.591 bits per heavy atom. The van der Waals surface area contributed by atoms with Gasteiger partial charge in [0.25, 0.3) is 0 Å². The molecule has 378 valence electrons. The zero-order valence-electron chi connectivity index (χ0n) is 43.2. The van der Waals surface area contributed by atoms with Gasteiger partial charge in [0.1, 0.15) is 13.2 Å². The van der Waals surface area contributed by atoms with Gasteiger partial charge in [-0.2, -0.15) is 0 Å². The van der Waals surface area contributed by atoms with Crippen LogP contribution in [0.2, 0.25) is 0 Å². The lowest BCUT2D eigenvalue weighted by Crippen LogP contribution is -2.30. The van der Waals surface area contributed by atoms with Crippen LogP contribution in [-0.2, 0) is 28.6 Å². The molecule has 0 spiro atoms. The number of allylic oxidation sites excluding steroid dienone is 14. The largest absolute Gasteiger partial charge is 0.462 e. The minimum atomic E-state index is -0.800. The Morgan fingerprint density at radius 1 is 0.318 bits per heavy atom. The molecule has 0 saturated heterocycles. The second kappa shape index (κ2) is 54.2. The van der Waals surface area contributed by atoms with E-state index in [2.05, 4.69) is 106 Å². The van der Waals surface area contributed by atoms with Gasteiger partial charge in [0, 0.05) is 19.3 Å². The zero-order valence-corrected chi connectivity index (χ0v) is 43.2. The van der Waals surface area contributed by atoms with Crippen LogP contribution in [0.25, 0.3) is 0 Å². The molecular formula is C60H102O6. The van der Waals surface area contributed by atoms with Gasteiger partial charge in [-0.25, -0.2) is 0 Å². The minimum Gasteiger partial charge on any atom is -0.462 e. The molecule has 0 rings (SSSR count). The molecule has 1 unspecified atom stereocenters. The van der Waals surface area contributed by atoms with Crippen LogP contribution in [0, 0.1) is 0 Å². The SMILES string of the molecule is CC/C=C\C/C=C\C/C=C\C/C=C\CCCCCC(=O)OC(COC(=O)CCCCCCC/C=C\CCCCCCCCCCC)COC(=O)CCCCCCCCC/C=C\C/C=C\CC. The van der Waals surface area contributed by atoms with Gasteiger partial charge in [-0.3, -0.25) is 14.4 Å². The molecule has 0 aliphatic carbocycles. The molecule has 0 heterocycles. The maximum absolute atomic E-state index is 12.8. The van der Waals surface area contributed by atoms with E-state index in [0.717, 1.165) is 116 Å². The predicted octanol–water partition coefficient (Wildman–Crippen LogP) is 18.4. The number of carbonyl (C=O) groups is 3. The van der Waals surface area contributed by atoms with E-state index < -0.39 is 6.10 Å². The number of rotatable bonds is 49. The molecule has 0 aromatic rings. The lowest BCUT2D eigenvalue weighted by atomic mass is 10.1. The van der Waals surface area contributed by atoms with E-state index in [4.69, 9.17) is 14.2 Å². The molecule has 0 aliphatic heterocycles. The van der Waals surface area contributed by atoms with Crippen LogP contribution in [0.3, 0.4) is 0 Å². The van der Waals surface area contributed by atoms with E-state index >= 15 is 0 Å². The predicted molar refractivity (Wildman–Crippen MR) is 284 cm³/mol. The Morgan fingerprint density at radius 3 is 0.955 bits per heavy atom. The molecule has 6 heteroatoms. The first kappa shape index (κ1) is 62.6. The summed E-state index contributed by atoms with van der Waals surface area (Å²) in [5, 5.41) is 0. The first-order valence-corrected chi connectivity index (χ1v) is 27.6. The number of unbranched alkanes of at least 4 members (excludes halogenated alkanes) is 24. The molecule has 0 amide bonds. The van der Waals surface area contributed by atoms with E-state index in [-0.39, 0.29) is 37.5 Å². The fraction of sp³-hybridized carbons (Fsp3) is 0.717. The van der Waals surface area contributed by atoms with Crippen molar-refractivity contribution in [3.05, 3.63) is 85.1 Å². The van der Waals surface area contributed by atoms with Crippen LogP contribution in [0.1, 0.15) is 258 Å². The molecule has 1 atom stereocenters. The second-order valence-corrected chi connectivity index (χ2v) is 18.1. The molecule has 0 aliphatic rings. The van der Waals surface area contributed by atoms with E-state index in [1.807, 2.05) is 0 Å². The highest BCUT2D eigenvalue weighted by Gasteiger charge is 2.19. The summed E-state index contributed by atoms with van der Waals surface area (Å²) in [5.41, 5.74) is 0. The van der Waals surface area contributed by atoms with Crippen LogP contribution in [0.4, 0.5) is 0 Å². The van der Waals surface area contributed by atoms with Crippen LogP contribution < -0.4 is 0 Å². The van der Waals surface area contributed by atoms with Gasteiger partial charge >= 0.3 is 17.9 Å². The topological polar surface area (TPSA) is 78.9 Å². The van der Waals surface area contributed by atoms with E-state index in [0.29, 0.717) is 12.8 Å². The van der Waals surface area contributed by atoms with Crippen molar-refractivity contribution in [1.29, 1.82) is 0 Å². The second-order valence-electron chi connectivity index (χ2n) is 18.1. The molecule has 0 radical (unpaired) electrons. The van der Waals surface area contributed by atoms with Crippen molar-refractivity contribution in [3.63, 3.8) is 0 Å². The summed E-state index contributed by atoms with van der Waals surface area (Å²) in [4.78, 5) is 38.1. The average molecular weight is 919 g/mol. The van der Waals surface area contributed by atoms with Gasteiger partial charge < -0.3 is 14.2 Å². The first-order chi connectivity index (χ1) is 32.5. The quantitative estimate of drug-likeness (QED) is 0.0262. The van der Waals surface area contributed by atoms with E-state index in [1.165, 1.54) is 103 Å². The maximum atomic E-state index is 12.8. The normalized spacial score (nSPS) is 12.7. The Labute approximate surface area is 407 Å². The summed E-state index contributed by atoms with van der Waals surface area (Å²) in [6.07, 6.45) is 70.0. The third-order valence-corrected chi connectivity index (χ3v) is 11.6. The highest BCUT2D eigenvalue weighted by atomic mass is 16.6. The summed E-state index contributed by atoms with van der Waals surface area (Å²) >= 11 is 0. The van der Waals surface area contributed by atoms with Gasteiger partial charge in [0.15, 0.2) is 6.10 Å². The minimum absolute atomic E-state index is 0.0965. The summed E-state index contributed by atoms with van der Waals surface area (Å²) in [7, 11) is 0. The van der Waals surface area contributed by atoms with Crippen molar-refractivity contribution < 1.29 is 28.6 Å². The summed E-state index contributed by atoms with van der Waals surface area (Å²) in [6, 6.07) is 0. The summed E-state index contributed by atoms with van der Waals surface area (Å²) in [6.45, 7) is 6.39. The van der Waals surface area contributed by atoms with Crippen LogP contribution >= 0.6 is 0 Å². The first-order valence-electron chi connectivity index (χ1n) is 27.6.